The molecule has 1 amide bonds. The Morgan fingerprint density at radius 3 is 2.50 bits per heavy atom. The summed E-state index contributed by atoms with van der Waals surface area (Å²) in [7, 11) is -3.71. The Labute approximate surface area is 199 Å². The van der Waals surface area contributed by atoms with Gasteiger partial charge in [0, 0.05) is 43.2 Å². The summed E-state index contributed by atoms with van der Waals surface area (Å²) in [5.41, 5.74) is 7.77. The Balaban J connectivity index is 1.50. The summed E-state index contributed by atoms with van der Waals surface area (Å²) in [6.45, 7) is 5.90. The number of ketones is 1. The van der Waals surface area contributed by atoms with Gasteiger partial charge < -0.3 is 19.8 Å². The van der Waals surface area contributed by atoms with Gasteiger partial charge in [0.2, 0.25) is 15.8 Å². The van der Waals surface area contributed by atoms with E-state index >= 15 is 0 Å². The first kappa shape index (κ1) is 24.4. The lowest BCUT2D eigenvalue weighted by Gasteiger charge is -2.17. The van der Waals surface area contributed by atoms with Crippen LogP contribution in [0.3, 0.4) is 0 Å². The number of ether oxygens (including phenoxy) is 2. The van der Waals surface area contributed by atoms with Gasteiger partial charge in [0.1, 0.15) is 5.75 Å². The topological polar surface area (TPSA) is 121 Å². The number of aromatic nitrogens is 1. The van der Waals surface area contributed by atoms with Crippen molar-refractivity contribution in [3.8, 4) is 5.75 Å². The number of primary amides is 1. The predicted octanol–water partition coefficient (Wildman–Crippen LogP) is 2.43. The van der Waals surface area contributed by atoms with Crippen molar-refractivity contribution in [1.29, 1.82) is 0 Å². The van der Waals surface area contributed by atoms with Crippen molar-refractivity contribution in [2.45, 2.75) is 57.1 Å². The van der Waals surface area contributed by atoms with Crippen LogP contribution in [0.1, 0.15) is 57.8 Å². The number of rotatable bonds is 9. The molecule has 1 atom stereocenters. The van der Waals surface area contributed by atoms with E-state index in [1.54, 1.807) is 0 Å². The molecule has 2 fully saturated rings. The van der Waals surface area contributed by atoms with Crippen LogP contribution >= 0.6 is 0 Å². The molecule has 3 heterocycles. The highest BCUT2D eigenvalue weighted by Gasteiger charge is 2.29. The Morgan fingerprint density at radius 1 is 1.12 bits per heavy atom. The summed E-state index contributed by atoms with van der Waals surface area (Å²) in [4.78, 5) is 25.0. The van der Waals surface area contributed by atoms with Gasteiger partial charge in [0.15, 0.2) is 6.61 Å². The minimum absolute atomic E-state index is 0.0143. The molecule has 0 radical (unpaired) electrons. The number of benzene rings is 1. The van der Waals surface area contributed by atoms with Crippen LogP contribution in [0.5, 0.6) is 5.75 Å². The fourth-order valence-corrected chi connectivity index (χ4v) is 6.19. The highest BCUT2D eigenvalue weighted by Crippen LogP contribution is 2.27. The zero-order valence-electron chi connectivity index (χ0n) is 19.6. The maximum absolute atomic E-state index is 12.9. The molecular weight excluding hydrogens is 458 g/mol. The second-order valence-corrected chi connectivity index (χ2v) is 10.8. The van der Waals surface area contributed by atoms with E-state index in [4.69, 9.17) is 15.2 Å². The quantitative estimate of drug-likeness (QED) is 0.540. The van der Waals surface area contributed by atoms with Crippen LogP contribution in [0.4, 0.5) is 0 Å². The zero-order chi connectivity index (χ0) is 24.5. The van der Waals surface area contributed by atoms with Crippen molar-refractivity contribution in [2.24, 2.45) is 5.73 Å². The van der Waals surface area contributed by atoms with Crippen LogP contribution in [0, 0.1) is 13.8 Å². The molecule has 34 heavy (non-hydrogen) atoms. The number of nitrogens with two attached hydrogens (primary N) is 1. The third kappa shape index (κ3) is 4.89. The SMILES string of the molecule is Cc1cc(C(=O)COc2ccc(S(=O)(=O)N3CCCC3)cc2C(N)=O)c(C)n1C[C@@H]1CCCO1. The van der Waals surface area contributed by atoms with Gasteiger partial charge in [-0.15, -0.1) is 0 Å². The molecule has 184 valence electrons. The number of carbonyl (C=O) groups is 2. The van der Waals surface area contributed by atoms with E-state index in [1.807, 2.05) is 19.9 Å². The van der Waals surface area contributed by atoms with Crippen LogP contribution in [0.15, 0.2) is 29.2 Å². The molecule has 2 saturated heterocycles. The van der Waals surface area contributed by atoms with Crippen LogP contribution < -0.4 is 10.5 Å². The molecule has 1 aromatic carbocycles. The minimum Gasteiger partial charge on any atom is -0.485 e. The molecule has 0 aliphatic carbocycles. The number of aryl methyl sites for hydroxylation is 1. The molecule has 2 N–H and O–H groups in total. The molecular formula is C24H31N3O6S. The van der Waals surface area contributed by atoms with Gasteiger partial charge >= 0.3 is 0 Å². The second kappa shape index (κ2) is 9.89. The number of sulfonamides is 1. The first-order valence-electron chi connectivity index (χ1n) is 11.6. The van der Waals surface area contributed by atoms with E-state index in [9.17, 15) is 18.0 Å². The van der Waals surface area contributed by atoms with Crippen molar-refractivity contribution in [1.82, 2.24) is 8.87 Å². The maximum atomic E-state index is 12.9. The number of nitrogens with zero attached hydrogens (tertiary/aromatic N) is 2. The summed E-state index contributed by atoms with van der Waals surface area (Å²) in [5, 5.41) is 0. The third-order valence-electron chi connectivity index (χ3n) is 6.56. The van der Waals surface area contributed by atoms with Crippen molar-refractivity contribution in [3.05, 3.63) is 46.8 Å². The Kier molecular flexibility index (Phi) is 7.11. The van der Waals surface area contributed by atoms with Crippen LogP contribution in [-0.2, 0) is 21.3 Å². The Morgan fingerprint density at radius 2 is 1.85 bits per heavy atom. The van der Waals surface area contributed by atoms with Gasteiger partial charge in [-0.3, -0.25) is 9.59 Å². The molecule has 0 unspecified atom stereocenters. The smallest absolute Gasteiger partial charge is 0.252 e. The molecule has 2 aliphatic rings. The highest BCUT2D eigenvalue weighted by molar-refractivity contribution is 7.89. The van der Waals surface area contributed by atoms with Crippen molar-refractivity contribution in [2.75, 3.05) is 26.3 Å². The largest absolute Gasteiger partial charge is 0.485 e. The van der Waals surface area contributed by atoms with Crippen molar-refractivity contribution in [3.63, 3.8) is 0 Å². The molecule has 9 nitrogen and oxygen atoms in total. The Hall–Kier alpha value is -2.69. The molecule has 1 aromatic heterocycles. The fourth-order valence-electron chi connectivity index (χ4n) is 4.64. The standard InChI is InChI=1S/C24H31N3O6S/c1-16-12-20(17(2)27(16)14-18-6-5-11-32-18)22(28)15-33-23-8-7-19(13-21(23)24(25)29)34(30,31)26-9-3-4-10-26/h7-8,12-13,18H,3-6,9-11,14-15H2,1-2H3,(H2,25,29)/t18-/m0/s1. The molecule has 2 aliphatic heterocycles. The number of amides is 1. The molecule has 0 saturated carbocycles. The van der Waals surface area contributed by atoms with Crippen molar-refractivity contribution >= 4 is 21.7 Å². The lowest BCUT2D eigenvalue weighted by Crippen LogP contribution is -2.28. The minimum atomic E-state index is -3.71. The van der Waals surface area contributed by atoms with Gasteiger partial charge in [-0.25, -0.2) is 8.42 Å². The monoisotopic (exact) mass is 489 g/mol. The fraction of sp³-hybridized carbons (Fsp3) is 0.500. The Bertz CT molecular complexity index is 1190. The van der Waals surface area contributed by atoms with Gasteiger partial charge in [-0.1, -0.05) is 0 Å². The van der Waals surface area contributed by atoms with E-state index in [2.05, 4.69) is 4.57 Å². The van der Waals surface area contributed by atoms with Crippen LogP contribution in [-0.4, -0.2) is 61.4 Å². The molecule has 4 rings (SSSR count). The third-order valence-corrected chi connectivity index (χ3v) is 8.46. The highest BCUT2D eigenvalue weighted by atomic mass is 32.2. The van der Waals surface area contributed by atoms with Crippen molar-refractivity contribution < 1.29 is 27.5 Å². The van der Waals surface area contributed by atoms with Crippen LogP contribution in [0.25, 0.3) is 0 Å². The normalized spacial score (nSPS) is 18.9. The van der Waals surface area contributed by atoms with Crippen LogP contribution in [0.2, 0.25) is 0 Å². The molecule has 0 bridgehead atoms. The van der Waals surface area contributed by atoms with E-state index in [0.29, 0.717) is 25.2 Å². The molecule has 10 heteroatoms. The second-order valence-electron chi connectivity index (χ2n) is 8.88. The summed E-state index contributed by atoms with van der Waals surface area (Å²) >= 11 is 0. The zero-order valence-corrected chi connectivity index (χ0v) is 20.4. The van der Waals surface area contributed by atoms with Gasteiger partial charge in [-0.05, 0) is 63.8 Å². The van der Waals surface area contributed by atoms with Gasteiger partial charge in [-0.2, -0.15) is 4.31 Å². The predicted molar refractivity (Wildman–Crippen MR) is 126 cm³/mol. The molecule has 2 aromatic rings. The van der Waals surface area contributed by atoms with Gasteiger partial charge in [0.25, 0.3) is 5.91 Å². The summed E-state index contributed by atoms with van der Waals surface area (Å²) in [6, 6.07) is 5.82. The average Bonchev–Trinajstić information content (AvgIpc) is 3.57. The summed E-state index contributed by atoms with van der Waals surface area (Å²) in [6.07, 6.45) is 3.81. The van der Waals surface area contributed by atoms with E-state index in [0.717, 1.165) is 43.7 Å². The maximum Gasteiger partial charge on any atom is 0.252 e. The van der Waals surface area contributed by atoms with E-state index < -0.39 is 15.9 Å². The number of hydrogen-bond acceptors (Lipinski definition) is 6. The summed E-state index contributed by atoms with van der Waals surface area (Å²) < 4.78 is 40.5. The molecule has 0 spiro atoms. The number of carbonyl (C=O) groups excluding carboxylic acids is 2. The number of hydrogen-bond donors (Lipinski definition) is 1. The average molecular weight is 490 g/mol. The lowest BCUT2D eigenvalue weighted by atomic mass is 10.1. The first-order valence-corrected chi connectivity index (χ1v) is 13.0. The lowest BCUT2D eigenvalue weighted by molar-refractivity contribution is 0.0907. The first-order chi connectivity index (χ1) is 16.2. The van der Waals surface area contributed by atoms with E-state index in [1.165, 1.54) is 22.5 Å². The van der Waals surface area contributed by atoms with Gasteiger partial charge in [0.05, 0.1) is 16.6 Å². The summed E-state index contributed by atoms with van der Waals surface area (Å²) in [5.74, 6) is -0.985. The number of Topliss-reactive ketones (excluding diaryl/α,β-unsaturated/α-hetero) is 1. The van der Waals surface area contributed by atoms with E-state index in [-0.39, 0.29) is 34.7 Å².